The first kappa shape index (κ1) is 33.2. The van der Waals surface area contributed by atoms with Crippen molar-refractivity contribution in [2.75, 3.05) is 4.90 Å². The van der Waals surface area contributed by atoms with Gasteiger partial charge in [-0.1, -0.05) is 166 Å². The number of hydrogen-bond donors (Lipinski definition) is 0. The third-order valence-electron chi connectivity index (χ3n) is 12.0. The molecule has 0 saturated heterocycles. The molecular weight excluding hydrogens is 691 g/mol. The molecule has 57 heavy (non-hydrogen) atoms. The molecule has 1 aliphatic carbocycles. The maximum atomic E-state index is 6.66. The van der Waals surface area contributed by atoms with Crippen LogP contribution in [0.4, 0.5) is 17.1 Å². The second-order valence-corrected chi connectivity index (χ2v) is 15.7. The van der Waals surface area contributed by atoms with Gasteiger partial charge in [-0.05, 0) is 109 Å². The highest BCUT2D eigenvalue weighted by atomic mass is 16.3. The van der Waals surface area contributed by atoms with Crippen molar-refractivity contribution in [1.82, 2.24) is 0 Å². The molecule has 11 rings (SSSR count). The molecule has 2 heteroatoms. The molecule has 1 aliphatic rings. The van der Waals surface area contributed by atoms with Crippen LogP contribution in [0.15, 0.2) is 205 Å². The monoisotopic (exact) mass is 729 g/mol. The van der Waals surface area contributed by atoms with E-state index in [2.05, 4.69) is 213 Å². The fraction of sp³-hybridized carbons (Fsp3) is 0.0545. The minimum atomic E-state index is -0.280. The molecule has 9 aromatic carbocycles. The molecule has 1 heterocycles. The van der Waals surface area contributed by atoms with Crippen molar-refractivity contribution >= 4 is 49.8 Å². The number of benzene rings is 9. The molecule has 0 unspecified atom stereocenters. The minimum absolute atomic E-state index is 0.280. The number of anilines is 3. The second kappa shape index (κ2) is 13.0. The van der Waals surface area contributed by atoms with Crippen LogP contribution < -0.4 is 4.90 Å². The molecule has 0 spiro atoms. The lowest BCUT2D eigenvalue weighted by Crippen LogP contribution is -2.17. The summed E-state index contributed by atoms with van der Waals surface area (Å²) in [4.78, 5) is 2.40. The largest absolute Gasteiger partial charge is 0.455 e. The summed E-state index contributed by atoms with van der Waals surface area (Å²) in [5.74, 6) is 0. The molecule has 10 aromatic rings. The van der Waals surface area contributed by atoms with Gasteiger partial charge in [0.25, 0.3) is 0 Å². The molecule has 0 N–H and O–H groups in total. The predicted molar refractivity (Wildman–Crippen MR) is 240 cm³/mol. The maximum absolute atomic E-state index is 6.66. The highest BCUT2D eigenvalue weighted by Gasteiger charge is 2.39. The van der Waals surface area contributed by atoms with E-state index in [1.54, 1.807) is 0 Å². The predicted octanol–water partition coefficient (Wildman–Crippen LogP) is 15.5. The number of furan rings is 1. The van der Waals surface area contributed by atoms with Gasteiger partial charge < -0.3 is 9.32 Å². The Hall–Kier alpha value is -7.16. The lowest BCUT2D eigenvalue weighted by Gasteiger charge is -2.28. The normalized spacial score (nSPS) is 12.9. The standard InChI is InChI=1S/C55H39NO/c1-55(2)50-35-43(56(41-28-24-38(25-29-41)36-14-5-3-6-15-36)42-30-26-39(27-31-42)37-16-7-4-8-17-37)32-33-48(50)52-49(34-40-18-9-10-19-44(40)53(52)55)47-22-13-21-46-45-20-11-12-23-51(45)57-54(46)47/h3-35H,1-2H3. The number of rotatable bonds is 6. The summed E-state index contributed by atoms with van der Waals surface area (Å²) in [7, 11) is 0. The molecule has 0 radical (unpaired) electrons. The molecule has 2 nitrogen and oxygen atoms in total. The van der Waals surface area contributed by atoms with Crippen molar-refractivity contribution in [1.29, 1.82) is 0 Å². The van der Waals surface area contributed by atoms with Crippen molar-refractivity contribution in [3.8, 4) is 44.5 Å². The molecule has 0 aliphatic heterocycles. The van der Waals surface area contributed by atoms with E-state index in [4.69, 9.17) is 4.42 Å². The van der Waals surface area contributed by atoms with E-state index in [1.807, 2.05) is 6.07 Å². The summed E-state index contributed by atoms with van der Waals surface area (Å²) >= 11 is 0. The van der Waals surface area contributed by atoms with Crippen LogP contribution in [0.3, 0.4) is 0 Å². The van der Waals surface area contributed by atoms with E-state index in [0.29, 0.717) is 0 Å². The van der Waals surface area contributed by atoms with Gasteiger partial charge in [-0.25, -0.2) is 0 Å². The van der Waals surface area contributed by atoms with Crippen molar-refractivity contribution in [3.05, 3.63) is 211 Å². The number of nitrogens with zero attached hydrogens (tertiary/aromatic N) is 1. The highest BCUT2D eigenvalue weighted by molar-refractivity contribution is 6.13. The van der Waals surface area contributed by atoms with Crippen molar-refractivity contribution in [2.45, 2.75) is 19.3 Å². The Morgan fingerprint density at radius 2 is 0.947 bits per heavy atom. The Morgan fingerprint density at radius 1 is 0.404 bits per heavy atom. The average Bonchev–Trinajstić information content (AvgIpc) is 3.77. The maximum Gasteiger partial charge on any atom is 0.143 e. The van der Waals surface area contributed by atoms with Crippen LogP contribution >= 0.6 is 0 Å². The van der Waals surface area contributed by atoms with E-state index in [-0.39, 0.29) is 5.41 Å². The fourth-order valence-electron chi connectivity index (χ4n) is 9.30. The minimum Gasteiger partial charge on any atom is -0.455 e. The molecule has 0 fully saturated rings. The molecule has 0 bridgehead atoms. The van der Waals surface area contributed by atoms with Gasteiger partial charge in [-0.3, -0.25) is 0 Å². The molecule has 0 saturated carbocycles. The zero-order valence-electron chi connectivity index (χ0n) is 31.9. The smallest absolute Gasteiger partial charge is 0.143 e. The summed E-state index contributed by atoms with van der Waals surface area (Å²) in [6, 6.07) is 72.5. The van der Waals surface area contributed by atoms with Crippen LogP contribution in [-0.4, -0.2) is 0 Å². The van der Waals surface area contributed by atoms with Crippen molar-refractivity contribution in [3.63, 3.8) is 0 Å². The zero-order chi connectivity index (χ0) is 38.1. The second-order valence-electron chi connectivity index (χ2n) is 15.7. The van der Waals surface area contributed by atoms with Gasteiger partial charge >= 0.3 is 0 Å². The van der Waals surface area contributed by atoms with E-state index in [1.165, 1.54) is 60.8 Å². The molecular formula is C55H39NO. The summed E-state index contributed by atoms with van der Waals surface area (Å²) < 4.78 is 6.66. The Bertz CT molecular complexity index is 3040. The van der Waals surface area contributed by atoms with E-state index in [0.717, 1.165) is 44.6 Å². The van der Waals surface area contributed by atoms with Crippen LogP contribution in [0.2, 0.25) is 0 Å². The lowest BCUT2D eigenvalue weighted by molar-refractivity contribution is 0.666. The number of fused-ring (bicyclic) bond motifs is 8. The van der Waals surface area contributed by atoms with Gasteiger partial charge in [0.05, 0.1) is 0 Å². The number of para-hydroxylation sites is 2. The summed E-state index contributed by atoms with van der Waals surface area (Å²) in [5, 5.41) is 4.82. The van der Waals surface area contributed by atoms with Crippen molar-refractivity contribution < 1.29 is 4.42 Å². The third kappa shape index (κ3) is 5.33. The van der Waals surface area contributed by atoms with Gasteiger partial charge in [-0.2, -0.15) is 0 Å². The first-order chi connectivity index (χ1) is 28.0. The first-order valence-electron chi connectivity index (χ1n) is 19.8. The molecule has 270 valence electrons. The van der Waals surface area contributed by atoms with E-state index < -0.39 is 0 Å². The third-order valence-corrected chi connectivity index (χ3v) is 12.0. The summed E-state index contributed by atoms with van der Waals surface area (Å²) in [6.45, 7) is 4.79. The van der Waals surface area contributed by atoms with E-state index in [9.17, 15) is 0 Å². The Kier molecular flexibility index (Phi) is 7.55. The van der Waals surface area contributed by atoms with Gasteiger partial charge in [0.15, 0.2) is 0 Å². The Balaban J connectivity index is 1.10. The quantitative estimate of drug-likeness (QED) is 0.169. The topological polar surface area (TPSA) is 16.4 Å². The molecule has 0 atom stereocenters. The summed E-state index contributed by atoms with van der Waals surface area (Å²) in [6.07, 6.45) is 0. The van der Waals surface area contributed by atoms with Gasteiger partial charge in [-0.15, -0.1) is 0 Å². The van der Waals surface area contributed by atoms with Gasteiger partial charge in [0.1, 0.15) is 11.2 Å². The average molecular weight is 730 g/mol. The van der Waals surface area contributed by atoms with Gasteiger partial charge in [0, 0.05) is 38.8 Å². The highest BCUT2D eigenvalue weighted by Crippen LogP contribution is 2.57. The van der Waals surface area contributed by atoms with Crippen LogP contribution in [-0.2, 0) is 5.41 Å². The Morgan fingerprint density at radius 3 is 1.61 bits per heavy atom. The first-order valence-corrected chi connectivity index (χ1v) is 19.8. The Labute approximate surface area is 332 Å². The summed E-state index contributed by atoms with van der Waals surface area (Å²) in [5.41, 5.74) is 17.3. The van der Waals surface area contributed by atoms with Gasteiger partial charge in [0.2, 0.25) is 0 Å². The SMILES string of the molecule is CC1(C)c2cc(N(c3ccc(-c4ccccc4)cc3)c3ccc(-c4ccccc4)cc3)ccc2-c2c(-c3cccc4c3oc3ccccc34)cc3ccccc3c21. The van der Waals surface area contributed by atoms with Crippen molar-refractivity contribution in [2.24, 2.45) is 0 Å². The van der Waals surface area contributed by atoms with Crippen LogP contribution in [0.5, 0.6) is 0 Å². The molecule has 0 amide bonds. The number of hydrogen-bond acceptors (Lipinski definition) is 2. The fourth-order valence-corrected chi connectivity index (χ4v) is 9.30. The zero-order valence-corrected chi connectivity index (χ0v) is 31.9. The van der Waals surface area contributed by atoms with Crippen LogP contribution in [0.25, 0.3) is 77.2 Å². The lowest BCUT2D eigenvalue weighted by atomic mass is 9.79. The van der Waals surface area contributed by atoms with Crippen LogP contribution in [0.1, 0.15) is 25.0 Å². The van der Waals surface area contributed by atoms with Crippen LogP contribution in [0, 0.1) is 0 Å². The van der Waals surface area contributed by atoms with E-state index >= 15 is 0 Å². The molecule has 1 aromatic heterocycles.